The summed E-state index contributed by atoms with van der Waals surface area (Å²) < 4.78 is 0. The molecular weight excluding hydrogens is 218 g/mol. The fourth-order valence-electron chi connectivity index (χ4n) is 1.42. The maximum atomic E-state index is 5.70. The van der Waals surface area contributed by atoms with Crippen LogP contribution in [0, 0.1) is 0 Å². The molecule has 16 heavy (non-hydrogen) atoms. The summed E-state index contributed by atoms with van der Waals surface area (Å²) in [5.74, 6) is 0. The van der Waals surface area contributed by atoms with Crippen molar-refractivity contribution in [3.63, 3.8) is 0 Å². The fourth-order valence-corrected chi connectivity index (χ4v) is 2.22. The third-order valence-corrected chi connectivity index (χ3v) is 3.42. The normalized spacial score (nSPS) is 10.3. The van der Waals surface area contributed by atoms with Gasteiger partial charge in [-0.25, -0.2) is 4.98 Å². The molecule has 84 valence electrons. The lowest BCUT2D eigenvalue weighted by atomic mass is 10.3. The molecule has 0 spiro atoms. The minimum Gasteiger partial charge on any atom is -0.399 e. The standard InChI is InChI=1S/C12H15N3S/c1-2-11-7-15-12(16-11)8-14-10-5-3-4-9(13)6-10/h3-7,14H,2,8,13H2,1H3. The van der Waals surface area contributed by atoms with Crippen LogP contribution in [0.3, 0.4) is 0 Å². The Morgan fingerprint density at radius 2 is 2.31 bits per heavy atom. The summed E-state index contributed by atoms with van der Waals surface area (Å²) in [4.78, 5) is 5.67. The molecule has 0 radical (unpaired) electrons. The summed E-state index contributed by atoms with van der Waals surface area (Å²) in [6.07, 6.45) is 3.00. The topological polar surface area (TPSA) is 50.9 Å². The van der Waals surface area contributed by atoms with Gasteiger partial charge < -0.3 is 11.1 Å². The maximum absolute atomic E-state index is 5.70. The van der Waals surface area contributed by atoms with E-state index < -0.39 is 0 Å². The van der Waals surface area contributed by atoms with Gasteiger partial charge in [0.05, 0.1) is 6.54 Å². The third-order valence-electron chi connectivity index (χ3n) is 2.28. The fraction of sp³-hybridized carbons (Fsp3) is 0.250. The van der Waals surface area contributed by atoms with Gasteiger partial charge in [-0.05, 0) is 24.6 Å². The Kier molecular flexibility index (Phi) is 3.41. The van der Waals surface area contributed by atoms with E-state index in [4.69, 9.17) is 5.73 Å². The molecule has 1 aromatic carbocycles. The molecule has 0 aliphatic carbocycles. The molecule has 0 aliphatic heterocycles. The van der Waals surface area contributed by atoms with E-state index in [1.165, 1.54) is 4.88 Å². The van der Waals surface area contributed by atoms with Crippen LogP contribution in [0.2, 0.25) is 0 Å². The molecule has 0 bridgehead atoms. The molecular formula is C12H15N3S. The lowest BCUT2D eigenvalue weighted by Crippen LogP contribution is -1.99. The number of nitrogens with two attached hydrogens (primary N) is 1. The summed E-state index contributed by atoms with van der Waals surface area (Å²) in [6.45, 7) is 2.90. The highest BCUT2D eigenvalue weighted by molar-refractivity contribution is 7.11. The van der Waals surface area contributed by atoms with Crippen molar-refractivity contribution in [2.45, 2.75) is 19.9 Å². The number of hydrogen-bond donors (Lipinski definition) is 2. The lowest BCUT2D eigenvalue weighted by Gasteiger charge is -2.04. The van der Waals surface area contributed by atoms with E-state index in [0.29, 0.717) is 0 Å². The Morgan fingerprint density at radius 1 is 1.44 bits per heavy atom. The Bertz CT molecular complexity index is 465. The Morgan fingerprint density at radius 3 is 3.00 bits per heavy atom. The predicted octanol–water partition coefficient (Wildman–Crippen LogP) is 2.90. The van der Waals surface area contributed by atoms with Crippen molar-refractivity contribution < 1.29 is 0 Å². The number of anilines is 2. The second-order valence-corrected chi connectivity index (χ2v) is 4.75. The second kappa shape index (κ2) is 4.99. The molecule has 3 nitrogen and oxygen atoms in total. The van der Waals surface area contributed by atoms with Crippen LogP contribution in [0.5, 0.6) is 0 Å². The van der Waals surface area contributed by atoms with E-state index in [-0.39, 0.29) is 0 Å². The molecule has 0 saturated heterocycles. The highest BCUT2D eigenvalue weighted by atomic mass is 32.1. The van der Waals surface area contributed by atoms with Crippen LogP contribution in [0.4, 0.5) is 11.4 Å². The van der Waals surface area contributed by atoms with Gasteiger partial charge >= 0.3 is 0 Å². The molecule has 1 aromatic heterocycles. The quantitative estimate of drug-likeness (QED) is 0.798. The van der Waals surface area contributed by atoms with Gasteiger partial charge in [-0.15, -0.1) is 11.3 Å². The van der Waals surface area contributed by atoms with Crippen LogP contribution in [-0.2, 0) is 13.0 Å². The second-order valence-electron chi connectivity index (χ2n) is 3.55. The Labute approximate surface area is 99.3 Å². The van der Waals surface area contributed by atoms with Crippen molar-refractivity contribution in [3.8, 4) is 0 Å². The van der Waals surface area contributed by atoms with Gasteiger partial charge in [-0.2, -0.15) is 0 Å². The molecule has 1 heterocycles. The Hall–Kier alpha value is -1.55. The van der Waals surface area contributed by atoms with E-state index in [0.717, 1.165) is 29.3 Å². The van der Waals surface area contributed by atoms with Crippen LogP contribution in [-0.4, -0.2) is 4.98 Å². The summed E-state index contributed by atoms with van der Waals surface area (Å²) >= 11 is 1.75. The lowest BCUT2D eigenvalue weighted by molar-refractivity contribution is 1.09. The molecule has 3 N–H and O–H groups in total. The van der Waals surface area contributed by atoms with Crippen molar-refractivity contribution in [2.24, 2.45) is 0 Å². The van der Waals surface area contributed by atoms with E-state index in [1.807, 2.05) is 30.5 Å². The van der Waals surface area contributed by atoms with Crippen LogP contribution < -0.4 is 11.1 Å². The van der Waals surface area contributed by atoms with Gasteiger partial charge in [-0.3, -0.25) is 0 Å². The highest BCUT2D eigenvalue weighted by Gasteiger charge is 2.00. The average molecular weight is 233 g/mol. The van der Waals surface area contributed by atoms with E-state index in [2.05, 4.69) is 17.2 Å². The summed E-state index contributed by atoms with van der Waals surface area (Å²) in [6, 6.07) is 7.75. The van der Waals surface area contributed by atoms with Gasteiger partial charge in [0.2, 0.25) is 0 Å². The molecule has 4 heteroatoms. The first kappa shape index (κ1) is 11.0. The van der Waals surface area contributed by atoms with Crippen LogP contribution >= 0.6 is 11.3 Å². The average Bonchev–Trinajstić information content (AvgIpc) is 2.74. The number of aryl methyl sites for hydroxylation is 1. The van der Waals surface area contributed by atoms with Gasteiger partial charge in [0.1, 0.15) is 5.01 Å². The van der Waals surface area contributed by atoms with Gasteiger partial charge in [-0.1, -0.05) is 13.0 Å². The number of hydrogen-bond acceptors (Lipinski definition) is 4. The third kappa shape index (κ3) is 2.73. The zero-order valence-electron chi connectivity index (χ0n) is 9.23. The number of nitrogens with zero attached hydrogens (tertiary/aromatic N) is 1. The zero-order valence-corrected chi connectivity index (χ0v) is 10.1. The van der Waals surface area contributed by atoms with Gasteiger partial charge in [0.15, 0.2) is 0 Å². The molecule has 0 fully saturated rings. The summed E-state index contributed by atoms with van der Waals surface area (Å²) in [5.41, 5.74) is 7.51. The molecule has 0 amide bonds. The molecule has 0 saturated carbocycles. The van der Waals surface area contributed by atoms with E-state index in [1.54, 1.807) is 11.3 Å². The van der Waals surface area contributed by atoms with Crippen molar-refractivity contribution in [1.29, 1.82) is 0 Å². The van der Waals surface area contributed by atoms with Crippen LogP contribution in [0.25, 0.3) is 0 Å². The minimum absolute atomic E-state index is 0.758. The number of aromatic nitrogens is 1. The largest absolute Gasteiger partial charge is 0.399 e. The van der Waals surface area contributed by atoms with Crippen LogP contribution in [0.1, 0.15) is 16.8 Å². The van der Waals surface area contributed by atoms with E-state index in [9.17, 15) is 0 Å². The number of nitrogen functional groups attached to an aromatic ring is 1. The van der Waals surface area contributed by atoms with Crippen LogP contribution in [0.15, 0.2) is 30.5 Å². The first-order valence-corrected chi connectivity index (χ1v) is 6.12. The van der Waals surface area contributed by atoms with E-state index >= 15 is 0 Å². The monoisotopic (exact) mass is 233 g/mol. The number of nitrogens with one attached hydrogen (secondary N) is 1. The summed E-state index contributed by atoms with van der Waals surface area (Å²) in [5, 5.41) is 4.42. The van der Waals surface area contributed by atoms with Gasteiger partial charge in [0.25, 0.3) is 0 Å². The number of thiazole rings is 1. The summed E-state index contributed by atoms with van der Waals surface area (Å²) in [7, 11) is 0. The highest BCUT2D eigenvalue weighted by Crippen LogP contribution is 2.16. The number of rotatable bonds is 4. The predicted molar refractivity (Wildman–Crippen MR) is 69.7 cm³/mol. The number of benzene rings is 1. The zero-order chi connectivity index (χ0) is 11.4. The smallest absolute Gasteiger partial charge is 0.112 e. The van der Waals surface area contributed by atoms with Crippen molar-refractivity contribution in [1.82, 2.24) is 4.98 Å². The molecule has 0 atom stereocenters. The molecule has 0 unspecified atom stereocenters. The molecule has 2 rings (SSSR count). The SMILES string of the molecule is CCc1cnc(CNc2cccc(N)c2)s1. The first-order valence-electron chi connectivity index (χ1n) is 5.31. The van der Waals surface area contributed by atoms with Crippen molar-refractivity contribution >= 4 is 22.7 Å². The maximum Gasteiger partial charge on any atom is 0.112 e. The molecule has 0 aliphatic rings. The van der Waals surface area contributed by atoms with Gasteiger partial charge in [0, 0.05) is 22.4 Å². The first-order chi connectivity index (χ1) is 7.78. The van der Waals surface area contributed by atoms with Crippen molar-refractivity contribution in [2.75, 3.05) is 11.1 Å². The molecule has 2 aromatic rings. The Balaban J connectivity index is 1.96. The van der Waals surface area contributed by atoms with Crippen molar-refractivity contribution in [3.05, 3.63) is 40.3 Å². The minimum atomic E-state index is 0.758.